The predicted molar refractivity (Wildman–Crippen MR) is 73.4 cm³/mol. The van der Waals surface area contributed by atoms with Gasteiger partial charge in [-0.3, -0.25) is 9.69 Å². The molecule has 0 aromatic heterocycles. The van der Waals surface area contributed by atoms with E-state index in [9.17, 15) is 13.2 Å². The van der Waals surface area contributed by atoms with Crippen molar-refractivity contribution in [3.8, 4) is 0 Å². The summed E-state index contributed by atoms with van der Waals surface area (Å²) in [7, 11) is -3.22. The zero-order chi connectivity index (χ0) is 14.3. The van der Waals surface area contributed by atoms with Crippen LogP contribution in [0.15, 0.2) is 0 Å². The molecule has 0 aliphatic heterocycles. The maximum atomic E-state index is 11.8. The van der Waals surface area contributed by atoms with E-state index in [-0.39, 0.29) is 24.5 Å². The summed E-state index contributed by atoms with van der Waals surface area (Å²) < 4.78 is 23.5. The van der Waals surface area contributed by atoms with Crippen molar-refractivity contribution in [1.82, 2.24) is 4.90 Å². The minimum absolute atomic E-state index is 0.0577. The summed E-state index contributed by atoms with van der Waals surface area (Å²) in [6, 6.07) is 0.456. The second-order valence-corrected chi connectivity index (χ2v) is 7.37. The number of nitrogens with zero attached hydrogens (tertiary/aromatic N) is 1. The molecule has 1 rings (SSSR count). The summed E-state index contributed by atoms with van der Waals surface area (Å²) in [5.74, 6) is -0.692. The highest BCUT2D eigenvalue weighted by molar-refractivity contribution is 7.91. The van der Waals surface area contributed by atoms with Crippen molar-refractivity contribution in [3.05, 3.63) is 0 Å². The quantitative estimate of drug-likeness (QED) is 0.566. The van der Waals surface area contributed by atoms with Crippen LogP contribution in [-0.4, -0.2) is 61.6 Å². The van der Waals surface area contributed by atoms with Gasteiger partial charge in [-0.1, -0.05) is 6.42 Å². The first-order valence-corrected chi connectivity index (χ1v) is 8.60. The van der Waals surface area contributed by atoms with Gasteiger partial charge in [0.05, 0.1) is 11.5 Å². The molecule has 0 spiro atoms. The zero-order valence-corrected chi connectivity index (χ0v) is 12.1. The van der Waals surface area contributed by atoms with Crippen LogP contribution < -0.4 is 5.73 Å². The van der Waals surface area contributed by atoms with Crippen LogP contribution in [0.2, 0.25) is 0 Å². The predicted octanol–water partition coefficient (Wildman–Crippen LogP) is -0.486. The molecule has 1 amide bonds. The fourth-order valence-corrected chi connectivity index (χ4v) is 3.35. The van der Waals surface area contributed by atoms with Crippen LogP contribution in [0, 0.1) is 0 Å². The molecule has 0 unspecified atom stereocenters. The molecule has 7 heteroatoms. The molecule has 112 valence electrons. The van der Waals surface area contributed by atoms with Gasteiger partial charge >= 0.3 is 0 Å². The number of carbonyl (C=O) groups is 1. The molecule has 1 fully saturated rings. The molecule has 0 radical (unpaired) electrons. The maximum Gasteiger partial charge on any atom is 0.218 e. The Kier molecular flexibility index (Phi) is 6.74. The molecule has 0 aromatic carbocycles. The number of amides is 1. The van der Waals surface area contributed by atoms with Crippen LogP contribution >= 0.6 is 0 Å². The van der Waals surface area contributed by atoms with Crippen molar-refractivity contribution in [2.24, 2.45) is 5.73 Å². The number of primary amides is 1. The number of rotatable bonds is 10. The normalized spacial score (nSPS) is 16.5. The Bertz CT molecular complexity index is 379. The van der Waals surface area contributed by atoms with E-state index in [1.807, 2.05) is 0 Å². The van der Waals surface area contributed by atoms with Gasteiger partial charge in [0, 0.05) is 32.2 Å². The lowest BCUT2D eigenvalue weighted by atomic mass is 9.91. The Morgan fingerprint density at radius 3 is 2.42 bits per heavy atom. The molecule has 0 atom stereocenters. The molecule has 19 heavy (non-hydrogen) atoms. The molecule has 1 saturated carbocycles. The van der Waals surface area contributed by atoms with Crippen LogP contribution in [0.1, 0.15) is 32.1 Å². The van der Waals surface area contributed by atoms with Crippen molar-refractivity contribution in [2.75, 3.05) is 31.2 Å². The molecule has 0 saturated heterocycles. The number of sulfone groups is 1. The van der Waals surface area contributed by atoms with Gasteiger partial charge in [-0.2, -0.15) is 0 Å². The molecule has 0 bridgehead atoms. The Labute approximate surface area is 114 Å². The second-order valence-electron chi connectivity index (χ2n) is 5.07. The van der Waals surface area contributed by atoms with E-state index in [4.69, 9.17) is 10.8 Å². The summed E-state index contributed by atoms with van der Waals surface area (Å²) in [6.07, 6.45) is 3.95. The van der Waals surface area contributed by atoms with Gasteiger partial charge in [0.15, 0.2) is 9.84 Å². The zero-order valence-electron chi connectivity index (χ0n) is 11.3. The van der Waals surface area contributed by atoms with Gasteiger partial charge in [0.25, 0.3) is 0 Å². The summed E-state index contributed by atoms with van der Waals surface area (Å²) in [5, 5.41) is 8.86. The van der Waals surface area contributed by atoms with Crippen molar-refractivity contribution in [2.45, 2.75) is 38.1 Å². The fraction of sp³-hybridized carbons (Fsp3) is 0.917. The lowest BCUT2D eigenvalue weighted by molar-refractivity contribution is -0.117. The van der Waals surface area contributed by atoms with E-state index in [1.54, 1.807) is 0 Å². The third kappa shape index (κ3) is 6.35. The van der Waals surface area contributed by atoms with Gasteiger partial charge in [0.1, 0.15) is 0 Å². The van der Waals surface area contributed by atoms with E-state index < -0.39 is 15.7 Å². The lowest BCUT2D eigenvalue weighted by Crippen LogP contribution is -2.43. The van der Waals surface area contributed by atoms with E-state index >= 15 is 0 Å². The van der Waals surface area contributed by atoms with Crippen molar-refractivity contribution < 1.29 is 18.3 Å². The van der Waals surface area contributed by atoms with Gasteiger partial charge in [0.2, 0.25) is 5.91 Å². The maximum absolute atomic E-state index is 11.8. The van der Waals surface area contributed by atoms with Gasteiger partial charge in [-0.25, -0.2) is 8.42 Å². The first kappa shape index (κ1) is 16.4. The van der Waals surface area contributed by atoms with E-state index in [2.05, 4.69) is 4.90 Å². The van der Waals surface area contributed by atoms with E-state index in [1.165, 1.54) is 6.42 Å². The Balaban J connectivity index is 2.38. The summed E-state index contributed by atoms with van der Waals surface area (Å²) in [6.45, 7) is 1.33. The van der Waals surface area contributed by atoms with Crippen LogP contribution in [0.3, 0.4) is 0 Å². The average molecular weight is 292 g/mol. The Hall–Kier alpha value is -0.660. The Morgan fingerprint density at radius 1 is 1.26 bits per heavy atom. The molecule has 1 aliphatic rings. The topological polar surface area (TPSA) is 101 Å². The summed E-state index contributed by atoms with van der Waals surface area (Å²) in [4.78, 5) is 12.7. The number of hydrogen-bond acceptors (Lipinski definition) is 5. The Morgan fingerprint density at radius 2 is 1.95 bits per heavy atom. The molecular weight excluding hydrogens is 268 g/mol. The minimum atomic E-state index is -3.22. The number of nitrogens with two attached hydrogens (primary N) is 1. The third-order valence-electron chi connectivity index (χ3n) is 3.54. The highest BCUT2D eigenvalue weighted by Gasteiger charge is 2.25. The molecular formula is C12H24N2O4S. The number of aliphatic hydroxyl groups is 1. The third-order valence-corrected chi connectivity index (χ3v) is 5.17. The number of hydrogen-bond donors (Lipinski definition) is 2. The first-order chi connectivity index (χ1) is 8.94. The van der Waals surface area contributed by atoms with Crippen LogP contribution in [0.4, 0.5) is 0 Å². The van der Waals surface area contributed by atoms with Crippen LogP contribution in [-0.2, 0) is 14.6 Å². The van der Waals surface area contributed by atoms with Crippen molar-refractivity contribution >= 4 is 15.7 Å². The van der Waals surface area contributed by atoms with Crippen molar-refractivity contribution in [1.29, 1.82) is 0 Å². The SMILES string of the molecule is NC(=O)CCS(=O)(=O)CCN(CCCO)C1CCC1. The number of aliphatic hydroxyl groups excluding tert-OH is 1. The summed E-state index contributed by atoms with van der Waals surface area (Å²) >= 11 is 0. The largest absolute Gasteiger partial charge is 0.396 e. The minimum Gasteiger partial charge on any atom is -0.396 e. The molecule has 6 nitrogen and oxygen atoms in total. The number of carbonyl (C=O) groups excluding carboxylic acids is 1. The lowest BCUT2D eigenvalue weighted by Gasteiger charge is -2.37. The second kappa shape index (κ2) is 7.81. The monoisotopic (exact) mass is 292 g/mol. The van der Waals surface area contributed by atoms with Crippen molar-refractivity contribution in [3.63, 3.8) is 0 Å². The van der Waals surface area contributed by atoms with Gasteiger partial charge in [-0.15, -0.1) is 0 Å². The fourth-order valence-electron chi connectivity index (χ4n) is 2.12. The standard InChI is InChI=1S/C12H24N2O4S/c13-12(16)5-9-19(17,18)10-7-14(6-2-8-15)11-3-1-4-11/h11,15H,1-10H2,(H2,13,16). The molecule has 0 heterocycles. The summed E-state index contributed by atoms with van der Waals surface area (Å²) in [5.41, 5.74) is 4.96. The van der Waals surface area contributed by atoms with Crippen LogP contribution in [0.25, 0.3) is 0 Å². The molecule has 1 aliphatic carbocycles. The smallest absolute Gasteiger partial charge is 0.218 e. The van der Waals surface area contributed by atoms with Crippen LogP contribution in [0.5, 0.6) is 0 Å². The highest BCUT2D eigenvalue weighted by Crippen LogP contribution is 2.24. The van der Waals surface area contributed by atoms with Gasteiger partial charge < -0.3 is 10.8 Å². The highest BCUT2D eigenvalue weighted by atomic mass is 32.2. The molecule has 3 N–H and O–H groups in total. The van der Waals surface area contributed by atoms with E-state index in [0.717, 1.165) is 19.4 Å². The van der Waals surface area contributed by atoms with E-state index in [0.29, 0.717) is 19.0 Å². The van der Waals surface area contributed by atoms with Gasteiger partial charge in [-0.05, 0) is 19.3 Å². The molecule has 0 aromatic rings. The first-order valence-electron chi connectivity index (χ1n) is 6.78. The average Bonchev–Trinajstić information content (AvgIpc) is 2.28.